The van der Waals surface area contributed by atoms with Crippen molar-refractivity contribution in [1.82, 2.24) is 0 Å². The van der Waals surface area contributed by atoms with Crippen LogP contribution in [-0.2, 0) is 4.79 Å². The summed E-state index contributed by atoms with van der Waals surface area (Å²) in [6.07, 6.45) is 3.38. The van der Waals surface area contributed by atoms with Gasteiger partial charge in [0.1, 0.15) is 0 Å². The Morgan fingerprint density at radius 3 is 2.39 bits per heavy atom. The van der Waals surface area contributed by atoms with Crippen molar-refractivity contribution < 1.29 is 13.6 Å². The number of hydrogen-bond acceptors (Lipinski definition) is 2. The molecule has 0 aromatic heterocycles. The molecule has 5 heteroatoms. The highest BCUT2D eigenvalue weighted by atomic mass is 32.2. The van der Waals surface area contributed by atoms with Crippen molar-refractivity contribution in [2.24, 2.45) is 0 Å². The minimum atomic E-state index is -1.02. The number of carbonyl (C=O) groups excluding carboxylic acids is 1. The molecule has 1 aliphatic rings. The number of halogens is 2. The maximum absolute atomic E-state index is 13.8. The van der Waals surface area contributed by atoms with Crippen LogP contribution < -0.4 is 5.32 Å². The molecule has 0 heterocycles. The maximum Gasteiger partial charge on any atom is 0.241 e. The Kier molecular flexibility index (Phi) is 4.66. The molecule has 2 aromatic carbocycles. The van der Waals surface area contributed by atoms with E-state index >= 15 is 0 Å². The normalized spacial score (nSPS) is 16.3. The van der Waals surface area contributed by atoms with Crippen LogP contribution in [0.3, 0.4) is 0 Å². The van der Waals surface area contributed by atoms with Gasteiger partial charge in [0.05, 0.1) is 10.4 Å². The molecule has 3 rings (SSSR count). The van der Waals surface area contributed by atoms with Gasteiger partial charge in [0.25, 0.3) is 0 Å². The molecule has 2 nitrogen and oxygen atoms in total. The van der Waals surface area contributed by atoms with Gasteiger partial charge >= 0.3 is 0 Å². The molecule has 0 bridgehead atoms. The van der Waals surface area contributed by atoms with Gasteiger partial charge in [-0.1, -0.05) is 37.1 Å². The zero-order valence-corrected chi connectivity index (χ0v) is 13.3. The standard InChI is InChI=1S/C18H17F2NOS/c19-14-9-6-10-15(16(14)20)21-17(22)18(11-4-5-12-18)23-13-7-2-1-3-8-13/h1-3,6-10H,4-5,11-12H2,(H,21,22). The van der Waals surface area contributed by atoms with Crippen molar-refractivity contribution in [3.63, 3.8) is 0 Å². The van der Waals surface area contributed by atoms with Gasteiger partial charge in [-0.05, 0) is 37.1 Å². The molecule has 0 unspecified atom stereocenters. The lowest BCUT2D eigenvalue weighted by atomic mass is 10.1. The minimum absolute atomic E-state index is 0.102. The van der Waals surface area contributed by atoms with Gasteiger partial charge in [-0.2, -0.15) is 0 Å². The summed E-state index contributed by atoms with van der Waals surface area (Å²) in [5.74, 6) is -2.23. The third-order valence-corrected chi connectivity index (χ3v) is 5.57. The molecule has 1 fully saturated rings. The molecular formula is C18H17F2NOS. The number of nitrogens with one attached hydrogen (secondary N) is 1. The third kappa shape index (κ3) is 3.39. The molecule has 1 saturated carbocycles. The average Bonchev–Trinajstić information content (AvgIpc) is 3.02. The Labute approximate surface area is 138 Å². The van der Waals surface area contributed by atoms with Crippen LogP contribution in [-0.4, -0.2) is 10.7 Å². The van der Waals surface area contributed by atoms with Gasteiger partial charge in [-0.15, -0.1) is 11.8 Å². The summed E-state index contributed by atoms with van der Waals surface area (Å²) in [6.45, 7) is 0. The predicted molar refractivity (Wildman–Crippen MR) is 88.5 cm³/mol. The lowest BCUT2D eigenvalue weighted by Gasteiger charge is -2.27. The lowest BCUT2D eigenvalue weighted by molar-refractivity contribution is -0.118. The second-order valence-electron chi connectivity index (χ2n) is 5.67. The third-order valence-electron chi connectivity index (χ3n) is 4.08. The first kappa shape index (κ1) is 16.0. The lowest BCUT2D eigenvalue weighted by Crippen LogP contribution is -2.37. The molecule has 1 amide bonds. The number of rotatable bonds is 4. The summed E-state index contributed by atoms with van der Waals surface area (Å²) in [6, 6.07) is 13.5. The van der Waals surface area contributed by atoms with Crippen molar-refractivity contribution in [3.8, 4) is 0 Å². The minimum Gasteiger partial charge on any atom is -0.322 e. The first-order valence-electron chi connectivity index (χ1n) is 7.60. The van der Waals surface area contributed by atoms with E-state index in [4.69, 9.17) is 0 Å². The van der Waals surface area contributed by atoms with Gasteiger partial charge in [-0.25, -0.2) is 8.78 Å². The Hall–Kier alpha value is -1.88. The van der Waals surface area contributed by atoms with E-state index in [1.54, 1.807) is 0 Å². The van der Waals surface area contributed by atoms with Crippen LogP contribution in [0.5, 0.6) is 0 Å². The number of hydrogen-bond donors (Lipinski definition) is 1. The molecule has 1 aliphatic carbocycles. The van der Waals surface area contributed by atoms with Crippen LogP contribution in [0.25, 0.3) is 0 Å². The van der Waals surface area contributed by atoms with E-state index in [9.17, 15) is 13.6 Å². The highest BCUT2D eigenvalue weighted by Crippen LogP contribution is 2.46. The van der Waals surface area contributed by atoms with Crippen molar-refractivity contribution >= 4 is 23.4 Å². The second kappa shape index (κ2) is 6.71. The summed E-state index contributed by atoms with van der Waals surface area (Å²) < 4.78 is 26.5. The first-order chi connectivity index (χ1) is 11.1. The fourth-order valence-corrected chi connectivity index (χ4v) is 4.25. The molecule has 1 N–H and O–H groups in total. The zero-order valence-electron chi connectivity index (χ0n) is 12.5. The summed E-state index contributed by atoms with van der Waals surface area (Å²) in [4.78, 5) is 13.8. The van der Waals surface area contributed by atoms with Gasteiger partial charge in [0.2, 0.25) is 5.91 Å². The molecule has 23 heavy (non-hydrogen) atoms. The molecular weight excluding hydrogens is 316 g/mol. The van der Waals surface area contributed by atoms with Crippen LogP contribution in [0.4, 0.5) is 14.5 Å². The highest BCUT2D eigenvalue weighted by Gasteiger charge is 2.42. The van der Waals surface area contributed by atoms with Crippen LogP contribution in [0.2, 0.25) is 0 Å². The van der Waals surface area contributed by atoms with E-state index in [2.05, 4.69) is 5.32 Å². The summed E-state index contributed by atoms with van der Waals surface area (Å²) in [5.41, 5.74) is -0.102. The van der Waals surface area contributed by atoms with E-state index < -0.39 is 16.4 Å². The largest absolute Gasteiger partial charge is 0.322 e. The van der Waals surface area contributed by atoms with Gasteiger partial charge < -0.3 is 5.32 Å². The Balaban J connectivity index is 1.83. The summed E-state index contributed by atoms with van der Waals surface area (Å²) >= 11 is 1.51. The number of thioether (sulfide) groups is 1. The molecule has 0 radical (unpaired) electrons. The van der Waals surface area contributed by atoms with Crippen molar-refractivity contribution in [2.75, 3.05) is 5.32 Å². The van der Waals surface area contributed by atoms with E-state index in [-0.39, 0.29) is 11.6 Å². The number of carbonyl (C=O) groups is 1. The SMILES string of the molecule is O=C(Nc1cccc(F)c1F)C1(Sc2ccccc2)CCCC1. The van der Waals surface area contributed by atoms with Gasteiger partial charge in [0.15, 0.2) is 11.6 Å². The molecule has 0 atom stereocenters. The van der Waals surface area contributed by atoms with Gasteiger partial charge in [0, 0.05) is 4.90 Å². The van der Waals surface area contributed by atoms with Gasteiger partial charge in [-0.3, -0.25) is 4.79 Å². The van der Waals surface area contributed by atoms with Crippen LogP contribution in [0.1, 0.15) is 25.7 Å². The Morgan fingerprint density at radius 2 is 1.70 bits per heavy atom. The number of benzene rings is 2. The summed E-state index contributed by atoms with van der Waals surface area (Å²) in [7, 11) is 0. The molecule has 0 spiro atoms. The fourth-order valence-electron chi connectivity index (χ4n) is 2.87. The number of anilines is 1. The molecule has 2 aromatic rings. The van der Waals surface area contributed by atoms with E-state index in [1.165, 1.54) is 23.9 Å². The van der Waals surface area contributed by atoms with Crippen LogP contribution >= 0.6 is 11.8 Å². The average molecular weight is 333 g/mol. The van der Waals surface area contributed by atoms with E-state index in [0.29, 0.717) is 0 Å². The first-order valence-corrected chi connectivity index (χ1v) is 8.42. The van der Waals surface area contributed by atoms with Crippen molar-refractivity contribution in [2.45, 2.75) is 35.3 Å². The quantitative estimate of drug-likeness (QED) is 0.852. The van der Waals surface area contributed by atoms with Crippen LogP contribution in [0, 0.1) is 11.6 Å². The van der Waals surface area contributed by atoms with E-state index in [0.717, 1.165) is 36.6 Å². The second-order valence-corrected chi connectivity index (χ2v) is 7.13. The summed E-state index contributed by atoms with van der Waals surface area (Å²) in [5, 5.41) is 2.58. The predicted octanol–water partition coefficient (Wildman–Crippen LogP) is 5.01. The highest BCUT2D eigenvalue weighted by molar-refractivity contribution is 8.01. The van der Waals surface area contributed by atoms with Crippen molar-refractivity contribution in [1.29, 1.82) is 0 Å². The maximum atomic E-state index is 13.8. The van der Waals surface area contributed by atoms with E-state index in [1.807, 2.05) is 30.3 Å². The molecule has 0 aliphatic heterocycles. The number of amides is 1. The monoisotopic (exact) mass is 333 g/mol. The fraction of sp³-hybridized carbons (Fsp3) is 0.278. The zero-order chi connectivity index (χ0) is 16.3. The van der Waals surface area contributed by atoms with Crippen LogP contribution in [0.15, 0.2) is 53.4 Å². The Bertz CT molecular complexity index is 699. The molecule has 120 valence electrons. The molecule has 0 saturated heterocycles. The topological polar surface area (TPSA) is 29.1 Å². The smallest absolute Gasteiger partial charge is 0.241 e. The van der Waals surface area contributed by atoms with Crippen molar-refractivity contribution in [3.05, 3.63) is 60.2 Å². The Morgan fingerprint density at radius 1 is 1.00 bits per heavy atom.